The second kappa shape index (κ2) is 2.79. The van der Waals surface area contributed by atoms with Gasteiger partial charge in [-0.25, -0.2) is 0 Å². The van der Waals surface area contributed by atoms with Gasteiger partial charge in [-0.3, -0.25) is 0 Å². The summed E-state index contributed by atoms with van der Waals surface area (Å²) in [5.41, 5.74) is 3.60. The molecule has 0 aromatic heterocycles. The van der Waals surface area contributed by atoms with Gasteiger partial charge in [-0.1, -0.05) is 6.07 Å². The second-order valence-corrected chi connectivity index (χ2v) is 3.33. The highest BCUT2D eigenvalue weighted by Gasteiger charge is 2.10. The Labute approximate surface area is 72.2 Å². The first kappa shape index (κ1) is 7.62. The van der Waals surface area contributed by atoms with Gasteiger partial charge in [0.15, 0.2) is 0 Å². The zero-order valence-electron chi connectivity index (χ0n) is 7.22. The van der Waals surface area contributed by atoms with Gasteiger partial charge >= 0.3 is 0 Å². The molecule has 0 radical (unpaired) electrons. The van der Waals surface area contributed by atoms with Gasteiger partial charge in [-0.2, -0.15) is 0 Å². The van der Waals surface area contributed by atoms with Crippen molar-refractivity contribution < 1.29 is 5.11 Å². The van der Waals surface area contributed by atoms with Crippen molar-refractivity contribution in [1.29, 1.82) is 0 Å². The summed E-state index contributed by atoms with van der Waals surface area (Å²) in [4.78, 5) is 0. The predicted molar refractivity (Wildman–Crippen MR) is 48.3 cm³/mol. The van der Waals surface area contributed by atoms with Crippen LogP contribution in [0.25, 0.3) is 0 Å². The van der Waals surface area contributed by atoms with E-state index in [1.54, 1.807) is 0 Å². The molecular formula is C10H13NO. The fraction of sp³-hybridized carbons (Fsp3) is 0.400. The highest BCUT2D eigenvalue weighted by molar-refractivity contribution is 5.42. The minimum Gasteiger partial charge on any atom is -0.508 e. The van der Waals surface area contributed by atoms with Crippen LogP contribution in [0.4, 0.5) is 0 Å². The van der Waals surface area contributed by atoms with Crippen molar-refractivity contribution in [2.75, 3.05) is 6.54 Å². The summed E-state index contributed by atoms with van der Waals surface area (Å²) in [5, 5.41) is 12.7. The Bertz CT molecular complexity index is 276. The van der Waals surface area contributed by atoms with E-state index in [4.69, 9.17) is 0 Å². The van der Waals surface area contributed by atoms with Gasteiger partial charge in [-0.05, 0) is 42.6 Å². The van der Waals surface area contributed by atoms with Crippen LogP contribution >= 0.6 is 0 Å². The molecule has 0 atom stereocenters. The van der Waals surface area contributed by atoms with Gasteiger partial charge in [0.25, 0.3) is 0 Å². The topological polar surface area (TPSA) is 32.3 Å². The lowest BCUT2D eigenvalue weighted by atomic mass is 9.98. The first-order valence-electron chi connectivity index (χ1n) is 4.29. The molecule has 1 aromatic carbocycles. The van der Waals surface area contributed by atoms with Gasteiger partial charge in [0.05, 0.1) is 0 Å². The molecule has 0 aliphatic carbocycles. The summed E-state index contributed by atoms with van der Waals surface area (Å²) in [6, 6.07) is 3.96. The molecule has 1 aliphatic heterocycles. The number of hydrogen-bond donors (Lipinski definition) is 2. The fourth-order valence-electron chi connectivity index (χ4n) is 1.64. The predicted octanol–water partition coefficient (Wildman–Crippen LogP) is 1.35. The Morgan fingerprint density at radius 2 is 2.17 bits per heavy atom. The number of phenolic OH excluding ortho intramolecular Hbond substituents is 1. The van der Waals surface area contributed by atoms with Crippen molar-refractivity contribution in [3.8, 4) is 5.75 Å². The summed E-state index contributed by atoms with van der Waals surface area (Å²) < 4.78 is 0. The van der Waals surface area contributed by atoms with Crippen LogP contribution in [0.2, 0.25) is 0 Å². The van der Waals surface area contributed by atoms with E-state index in [0.717, 1.165) is 25.1 Å². The van der Waals surface area contributed by atoms with E-state index in [1.807, 2.05) is 13.0 Å². The molecule has 0 saturated heterocycles. The Morgan fingerprint density at radius 3 is 3.00 bits per heavy atom. The van der Waals surface area contributed by atoms with Crippen molar-refractivity contribution >= 4 is 0 Å². The zero-order valence-corrected chi connectivity index (χ0v) is 7.22. The maximum atomic E-state index is 9.45. The number of rotatable bonds is 0. The van der Waals surface area contributed by atoms with Gasteiger partial charge < -0.3 is 10.4 Å². The van der Waals surface area contributed by atoms with Gasteiger partial charge in [0.1, 0.15) is 5.75 Å². The summed E-state index contributed by atoms with van der Waals surface area (Å²) in [6.45, 7) is 3.89. The molecule has 0 fully saturated rings. The first-order chi connectivity index (χ1) is 5.77. The van der Waals surface area contributed by atoms with Crippen LogP contribution in [0, 0.1) is 6.92 Å². The van der Waals surface area contributed by atoms with Crippen molar-refractivity contribution in [1.82, 2.24) is 5.32 Å². The van der Waals surface area contributed by atoms with E-state index >= 15 is 0 Å². The van der Waals surface area contributed by atoms with Crippen LogP contribution in [0.15, 0.2) is 12.1 Å². The lowest BCUT2D eigenvalue weighted by Crippen LogP contribution is -2.23. The van der Waals surface area contributed by atoms with E-state index in [-0.39, 0.29) is 0 Å². The van der Waals surface area contributed by atoms with Crippen LogP contribution < -0.4 is 5.32 Å². The smallest absolute Gasteiger partial charge is 0.118 e. The van der Waals surface area contributed by atoms with Crippen molar-refractivity contribution in [2.45, 2.75) is 19.9 Å². The molecule has 1 heterocycles. The summed E-state index contributed by atoms with van der Waals surface area (Å²) in [7, 11) is 0. The first-order valence-corrected chi connectivity index (χ1v) is 4.29. The van der Waals surface area contributed by atoms with Crippen molar-refractivity contribution in [3.05, 3.63) is 28.8 Å². The van der Waals surface area contributed by atoms with E-state index in [0.29, 0.717) is 5.75 Å². The molecule has 1 aliphatic rings. The van der Waals surface area contributed by atoms with E-state index in [2.05, 4.69) is 11.4 Å². The molecule has 2 N–H and O–H groups in total. The Morgan fingerprint density at radius 1 is 1.33 bits per heavy atom. The highest BCUT2D eigenvalue weighted by Crippen LogP contribution is 2.23. The average Bonchev–Trinajstić information content (AvgIpc) is 2.07. The Kier molecular flexibility index (Phi) is 1.77. The molecule has 64 valence electrons. The van der Waals surface area contributed by atoms with Crippen molar-refractivity contribution in [3.63, 3.8) is 0 Å². The minimum absolute atomic E-state index is 0.414. The summed E-state index contributed by atoms with van der Waals surface area (Å²) in [5.74, 6) is 0.414. The molecule has 0 spiro atoms. The monoisotopic (exact) mass is 163 g/mol. The molecule has 0 unspecified atom stereocenters. The van der Waals surface area contributed by atoms with Gasteiger partial charge in [0, 0.05) is 6.54 Å². The standard InChI is InChI=1S/C10H13NO/c1-7-4-8-2-3-11-6-9(8)5-10(7)12/h4-5,11-12H,2-3,6H2,1H3. The number of aromatic hydroxyl groups is 1. The van der Waals surface area contributed by atoms with Crippen LogP contribution in [-0.4, -0.2) is 11.7 Å². The van der Waals surface area contributed by atoms with Crippen LogP contribution in [-0.2, 0) is 13.0 Å². The second-order valence-electron chi connectivity index (χ2n) is 3.33. The molecule has 0 amide bonds. The molecule has 2 rings (SSSR count). The largest absolute Gasteiger partial charge is 0.508 e. The number of benzene rings is 1. The Balaban J connectivity index is 2.49. The van der Waals surface area contributed by atoms with Gasteiger partial charge in [-0.15, -0.1) is 0 Å². The number of fused-ring (bicyclic) bond motifs is 1. The van der Waals surface area contributed by atoms with Crippen LogP contribution in [0.5, 0.6) is 5.75 Å². The lowest BCUT2D eigenvalue weighted by Gasteiger charge is -2.17. The SMILES string of the molecule is Cc1cc2c(cc1O)CNCC2. The zero-order chi connectivity index (χ0) is 8.55. The molecule has 2 nitrogen and oxygen atoms in total. The van der Waals surface area contributed by atoms with E-state index in [9.17, 15) is 5.11 Å². The number of nitrogens with one attached hydrogen (secondary N) is 1. The minimum atomic E-state index is 0.414. The lowest BCUT2D eigenvalue weighted by molar-refractivity contribution is 0.468. The molecule has 0 bridgehead atoms. The molecule has 12 heavy (non-hydrogen) atoms. The van der Waals surface area contributed by atoms with Crippen LogP contribution in [0.3, 0.4) is 0 Å². The normalized spacial score (nSPS) is 15.8. The van der Waals surface area contributed by atoms with Gasteiger partial charge in [0.2, 0.25) is 0 Å². The van der Waals surface area contributed by atoms with E-state index in [1.165, 1.54) is 11.1 Å². The average molecular weight is 163 g/mol. The summed E-state index contributed by atoms with van der Waals surface area (Å²) >= 11 is 0. The highest BCUT2D eigenvalue weighted by atomic mass is 16.3. The van der Waals surface area contributed by atoms with Crippen LogP contribution in [0.1, 0.15) is 16.7 Å². The third-order valence-electron chi connectivity index (χ3n) is 2.40. The quantitative estimate of drug-likeness (QED) is 0.605. The maximum absolute atomic E-state index is 9.45. The fourth-order valence-corrected chi connectivity index (χ4v) is 1.64. The number of phenols is 1. The van der Waals surface area contributed by atoms with E-state index < -0.39 is 0 Å². The summed E-state index contributed by atoms with van der Waals surface area (Å²) in [6.07, 6.45) is 1.08. The molecule has 2 heteroatoms. The Hall–Kier alpha value is -1.02. The number of hydrogen-bond acceptors (Lipinski definition) is 2. The molecule has 1 aromatic rings. The third kappa shape index (κ3) is 1.18. The molecular weight excluding hydrogens is 150 g/mol. The third-order valence-corrected chi connectivity index (χ3v) is 2.40. The maximum Gasteiger partial charge on any atom is 0.118 e. The number of aryl methyl sites for hydroxylation is 1. The molecule has 0 saturated carbocycles. The van der Waals surface area contributed by atoms with Crippen molar-refractivity contribution in [2.24, 2.45) is 0 Å².